The van der Waals surface area contributed by atoms with Crippen LogP contribution in [0.3, 0.4) is 0 Å². The first-order chi connectivity index (χ1) is 19.4. The Bertz CT molecular complexity index is 1330. The van der Waals surface area contributed by atoms with Gasteiger partial charge in [0.15, 0.2) is 0 Å². The van der Waals surface area contributed by atoms with Gasteiger partial charge in [0.2, 0.25) is 23.6 Å². The third-order valence-corrected chi connectivity index (χ3v) is 6.68. The van der Waals surface area contributed by atoms with Gasteiger partial charge in [0.1, 0.15) is 29.6 Å². The Morgan fingerprint density at radius 1 is 0.951 bits per heavy atom. The zero-order valence-electron chi connectivity index (χ0n) is 22.1. The van der Waals surface area contributed by atoms with Crippen LogP contribution in [0.25, 0.3) is 11.1 Å². The number of carbonyl (C=O) groups excluding carboxylic acids is 4. The SMILES string of the molecule is NCCC[C@@H]1NC(=O)[C@@H](N)Cc2cc(ccc2O)-c2ccc(O)c(c2)C[C@@H](C(=O)N[C@@H](CC(N)=O)C(=O)O)NC1=O. The highest BCUT2D eigenvalue weighted by molar-refractivity contribution is 5.95. The number of carbonyl (C=O) groups is 5. The molecule has 1 aliphatic rings. The van der Waals surface area contributed by atoms with Crippen molar-refractivity contribution in [2.24, 2.45) is 17.2 Å². The van der Waals surface area contributed by atoms with Crippen LogP contribution in [-0.2, 0) is 36.8 Å². The normalized spacial score (nSPS) is 20.0. The van der Waals surface area contributed by atoms with Crippen molar-refractivity contribution in [3.63, 3.8) is 0 Å². The fraction of sp³-hybridized carbons (Fsp3) is 0.370. The molecule has 0 fully saturated rings. The largest absolute Gasteiger partial charge is 0.508 e. The maximum atomic E-state index is 13.4. The van der Waals surface area contributed by atoms with Crippen molar-refractivity contribution in [1.29, 1.82) is 0 Å². The lowest BCUT2D eigenvalue weighted by molar-refractivity contribution is -0.143. The Morgan fingerprint density at radius 2 is 1.54 bits per heavy atom. The van der Waals surface area contributed by atoms with Gasteiger partial charge in [-0.25, -0.2) is 4.79 Å². The first kappa shape index (κ1) is 30.8. The maximum Gasteiger partial charge on any atom is 0.326 e. The lowest BCUT2D eigenvalue weighted by Crippen LogP contribution is -2.58. The smallest absolute Gasteiger partial charge is 0.326 e. The second kappa shape index (κ2) is 13.6. The minimum absolute atomic E-state index is 0.0524. The lowest BCUT2D eigenvalue weighted by Gasteiger charge is -2.25. The summed E-state index contributed by atoms with van der Waals surface area (Å²) in [6.07, 6.45) is -0.615. The molecule has 0 unspecified atom stereocenters. The number of fused-ring (bicyclic) bond motifs is 5. The second-order valence-corrected chi connectivity index (χ2v) is 9.82. The number of hydrogen-bond donors (Lipinski definition) is 9. The monoisotopic (exact) mass is 570 g/mol. The van der Waals surface area contributed by atoms with Gasteiger partial charge in [-0.1, -0.05) is 12.1 Å². The number of aliphatic carboxylic acids is 1. The van der Waals surface area contributed by atoms with Crippen molar-refractivity contribution in [1.82, 2.24) is 16.0 Å². The Balaban J connectivity index is 2.09. The molecule has 1 heterocycles. The van der Waals surface area contributed by atoms with E-state index in [9.17, 15) is 39.3 Å². The van der Waals surface area contributed by atoms with E-state index in [1.807, 2.05) is 0 Å². The summed E-state index contributed by atoms with van der Waals surface area (Å²) in [6, 6.07) is 3.84. The average molecular weight is 571 g/mol. The van der Waals surface area contributed by atoms with Crippen LogP contribution in [0.1, 0.15) is 30.4 Å². The standard InChI is InChI=1S/C27H34N6O8/c28-7-1-2-18-25(38)32-19(26(39)33-20(27(40)41)12-23(30)36)11-16-9-14(4-6-22(16)35)13-3-5-21(34)15(8-13)10-17(29)24(37)31-18/h3-6,8-9,17-20,34-35H,1-2,7,10-12,28-29H2,(H2,30,36)(H,31,37)(H,32,38)(H,33,39)(H,40,41)/t17-,18-,19-,20-/m0/s1. The van der Waals surface area contributed by atoms with Crippen LogP contribution in [0, 0.1) is 0 Å². The molecule has 0 radical (unpaired) electrons. The average Bonchev–Trinajstić information content (AvgIpc) is 2.91. The van der Waals surface area contributed by atoms with Crippen LogP contribution in [0.15, 0.2) is 36.4 Å². The first-order valence-corrected chi connectivity index (χ1v) is 12.9. The Morgan fingerprint density at radius 3 is 2.07 bits per heavy atom. The van der Waals surface area contributed by atoms with Gasteiger partial charge in [-0.05, 0) is 65.9 Å². The van der Waals surface area contributed by atoms with E-state index in [2.05, 4.69) is 16.0 Å². The quantitative estimate of drug-likeness (QED) is 0.174. The number of benzene rings is 2. The van der Waals surface area contributed by atoms with Gasteiger partial charge in [-0.2, -0.15) is 0 Å². The molecule has 0 spiro atoms. The highest BCUT2D eigenvalue weighted by Gasteiger charge is 2.32. The summed E-state index contributed by atoms with van der Waals surface area (Å²) in [4.78, 5) is 62.6. The van der Waals surface area contributed by atoms with Crippen molar-refractivity contribution in [3.8, 4) is 22.6 Å². The summed E-state index contributed by atoms with van der Waals surface area (Å²) in [5.41, 5.74) is 18.6. The van der Waals surface area contributed by atoms with Crippen LogP contribution in [0.5, 0.6) is 11.5 Å². The van der Waals surface area contributed by atoms with E-state index < -0.39 is 60.2 Å². The van der Waals surface area contributed by atoms with Gasteiger partial charge in [0.05, 0.1) is 12.5 Å². The highest BCUT2D eigenvalue weighted by Crippen LogP contribution is 2.31. The molecule has 4 amide bonds. The van der Waals surface area contributed by atoms with Gasteiger partial charge in [0.25, 0.3) is 0 Å². The van der Waals surface area contributed by atoms with E-state index in [0.717, 1.165) is 0 Å². The number of rotatable bonds is 8. The molecule has 220 valence electrons. The third kappa shape index (κ3) is 8.16. The lowest BCUT2D eigenvalue weighted by atomic mass is 9.95. The van der Waals surface area contributed by atoms with Crippen LogP contribution in [0.4, 0.5) is 0 Å². The second-order valence-electron chi connectivity index (χ2n) is 9.82. The molecule has 0 aliphatic carbocycles. The zero-order chi connectivity index (χ0) is 30.3. The molecule has 14 nitrogen and oxygen atoms in total. The number of phenols is 2. The molecular weight excluding hydrogens is 536 g/mol. The number of aromatic hydroxyl groups is 2. The molecule has 14 heteroatoms. The van der Waals surface area contributed by atoms with Crippen molar-refractivity contribution < 1.29 is 39.3 Å². The first-order valence-electron chi connectivity index (χ1n) is 12.9. The molecule has 0 aromatic heterocycles. The maximum absolute atomic E-state index is 13.4. The fourth-order valence-corrected chi connectivity index (χ4v) is 4.43. The third-order valence-electron chi connectivity index (χ3n) is 6.68. The van der Waals surface area contributed by atoms with Crippen LogP contribution in [0.2, 0.25) is 0 Å². The summed E-state index contributed by atoms with van der Waals surface area (Å²) in [5, 5.41) is 37.7. The zero-order valence-corrected chi connectivity index (χ0v) is 22.1. The Labute approximate surface area is 235 Å². The highest BCUT2D eigenvalue weighted by atomic mass is 16.4. The molecule has 1 aliphatic heterocycles. The predicted octanol–water partition coefficient (Wildman–Crippen LogP) is -1.66. The summed E-state index contributed by atoms with van der Waals surface area (Å²) in [5.74, 6) is -5.21. The summed E-state index contributed by atoms with van der Waals surface area (Å²) in [7, 11) is 0. The number of nitrogens with one attached hydrogen (secondary N) is 3. The van der Waals surface area contributed by atoms with E-state index in [4.69, 9.17) is 17.2 Å². The molecular formula is C27H34N6O8. The van der Waals surface area contributed by atoms with Crippen LogP contribution < -0.4 is 33.2 Å². The Kier molecular flexibility index (Phi) is 10.2. The molecule has 4 atom stereocenters. The molecule has 12 N–H and O–H groups in total. The molecule has 41 heavy (non-hydrogen) atoms. The van der Waals surface area contributed by atoms with Gasteiger partial charge in [-0.3, -0.25) is 19.2 Å². The molecule has 4 bridgehead atoms. The van der Waals surface area contributed by atoms with Crippen molar-refractivity contribution in [2.75, 3.05) is 6.54 Å². The van der Waals surface area contributed by atoms with E-state index in [0.29, 0.717) is 23.1 Å². The molecule has 3 rings (SSSR count). The van der Waals surface area contributed by atoms with E-state index >= 15 is 0 Å². The van der Waals surface area contributed by atoms with Crippen molar-refractivity contribution in [3.05, 3.63) is 47.5 Å². The minimum Gasteiger partial charge on any atom is -0.508 e. The number of nitrogens with two attached hydrogens (primary N) is 3. The number of carboxylic acid groups (broad SMARTS) is 1. The van der Waals surface area contributed by atoms with Crippen LogP contribution >= 0.6 is 0 Å². The molecule has 0 saturated carbocycles. The van der Waals surface area contributed by atoms with Gasteiger partial charge in [0, 0.05) is 12.8 Å². The number of amides is 4. The predicted molar refractivity (Wildman–Crippen MR) is 146 cm³/mol. The van der Waals surface area contributed by atoms with Crippen molar-refractivity contribution >= 4 is 29.6 Å². The topological polar surface area (TPSA) is 260 Å². The number of hydrogen-bond acceptors (Lipinski definition) is 9. The summed E-state index contributed by atoms with van der Waals surface area (Å²) in [6.45, 7) is 0.199. The van der Waals surface area contributed by atoms with E-state index in [1.54, 1.807) is 24.3 Å². The summed E-state index contributed by atoms with van der Waals surface area (Å²) < 4.78 is 0. The fourth-order valence-electron chi connectivity index (χ4n) is 4.43. The number of primary amides is 1. The Hall–Kier alpha value is -4.69. The van der Waals surface area contributed by atoms with Gasteiger partial charge in [-0.15, -0.1) is 0 Å². The molecule has 2 aromatic carbocycles. The number of phenolic OH excluding ortho intramolecular Hbond substituents is 2. The summed E-state index contributed by atoms with van der Waals surface area (Å²) >= 11 is 0. The van der Waals surface area contributed by atoms with E-state index in [1.165, 1.54) is 12.1 Å². The molecule has 2 aromatic rings. The van der Waals surface area contributed by atoms with Gasteiger partial charge < -0.3 is 48.5 Å². The van der Waals surface area contributed by atoms with Gasteiger partial charge >= 0.3 is 5.97 Å². The van der Waals surface area contributed by atoms with E-state index in [-0.39, 0.29) is 42.9 Å². The minimum atomic E-state index is -1.67. The van der Waals surface area contributed by atoms with Crippen LogP contribution in [-0.4, -0.2) is 75.6 Å². The molecule has 0 saturated heterocycles. The number of carboxylic acids is 1. The van der Waals surface area contributed by atoms with Crippen molar-refractivity contribution in [2.45, 2.75) is 56.3 Å².